The Morgan fingerprint density at radius 1 is 1.33 bits per heavy atom. The molecule has 0 radical (unpaired) electrons. The van der Waals surface area contributed by atoms with Gasteiger partial charge in [0.2, 0.25) is 0 Å². The number of sulfone groups is 1. The van der Waals surface area contributed by atoms with Crippen molar-refractivity contribution < 1.29 is 22.8 Å². The van der Waals surface area contributed by atoms with Gasteiger partial charge in [-0.1, -0.05) is 26.3 Å². The molecule has 2 aliphatic carbocycles. The zero-order valence-electron chi connectivity index (χ0n) is 16.9. The van der Waals surface area contributed by atoms with E-state index in [1.165, 1.54) is 7.11 Å². The summed E-state index contributed by atoms with van der Waals surface area (Å²) in [5.41, 5.74) is -0.887. The second kappa shape index (κ2) is 9.24. The van der Waals surface area contributed by atoms with E-state index in [1.54, 1.807) is 5.06 Å². The summed E-state index contributed by atoms with van der Waals surface area (Å²) in [7, 11) is -0.0346. The molecule has 0 aromatic rings. The molecule has 0 aromatic carbocycles. The number of unbranched alkanes of at least 4 members (excludes halogenated alkanes) is 1. The average Bonchev–Trinajstić information content (AvgIpc) is 3.38. The summed E-state index contributed by atoms with van der Waals surface area (Å²) in [6.07, 6.45) is 10.0. The van der Waals surface area contributed by atoms with Crippen molar-refractivity contribution in [2.45, 2.75) is 57.6 Å². The quantitative estimate of drug-likeness (QED) is 0.392. The van der Waals surface area contributed by atoms with Gasteiger partial charge in [-0.15, -0.1) is 5.06 Å². The maximum absolute atomic E-state index is 12.6. The van der Waals surface area contributed by atoms with Crippen LogP contribution in [0.25, 0.3) is 0 Å². The van der Waals surface area contributed by atoms with Crippen LogP contribution in [-0.4, -0.2) is 51.2 Å². The predicted octanol–water partition coefficient (Wildman–Crippen LogP) is 3.26. The third kappa shape index (κ3) is 5.35. The van der Waals surface area contributed by atoms with Crippen LogP contribution in [0.5, 0.6) is 0 Å². The Labute approximate surface area is 163 Å². The Morgan fingerprint density at radius 2 is 2.07 bits per heavy atom. The molecule has 27 heavy (non-hydrogen) atoms. The molecule has 0 heterocycles. The molecule has 2 rings (SSSR count). The van der Waals surface area contributed by atoms with Crippen molar-refractivity contribution in [2.75, 3.05) is 26.5 Å². The second-order valence-corrected chi connectivity index (χ2v) is 9.97. The van der Waals surface area contributed by atoms with Gasteiger partial charge in [-0.3, -0.25) is 4.79 Å². The van der Waals surface area contributed by atoms with Crippen LogP contribution in [-0.2, 0) is 24.2 Å². The summed E-state index contributed by atoms with van der Waals surface area (Å²) >= 11 is 0. The van der Waals surface area contributed by atoms with E-state index in [-0.39, 0.29) is 11.7 Å². The van der Waals surface area contributed by atoms with Gasteiger partial charge in [-0.05, 0) is 50.2 Å². The summed E-state index contributed by atoms with van der Waals surface area (Å²) in [5, 5.41) is 1.19. The normalized spacial score (nSPS) is 27.4. The number of rotatable bonds is 11. The molecule has 0 saturated heterocycles. The maximum atomic E-state index is 12.6. The first kappa shape index (κ1) is 22.0. The van der Waals surface area contributed by atoms with Crippen molar-refractivity contribution in [3.05, 3.63) is 24.0 Å². The molecule has 0 spiro atoms. The van der Waals surface area contributed by atoms with E-state index in [0.29, 0.717) is 19.3 Å². The van der Waals surface area contributed by atoms with Gasteiger partial charge in [0, 0.05) is 13.6 Å². The molecule has 0 bridgehead atoms. The highest BCUT2D eigenvalue weighted by atomic mass is 32.2. The molecule has 0 amide bonds. The van der Waals surface area contributed by atoms with Crippen LogP contribution >= 0.6 is 0 Å². The molecule has 3 unspecified atom stereocenters. The fraction of sp³-hybridized carbons (Fsp3) is 0.750. The molecule has 3 atom stereocenters. The Hall–Kier alpha value is -1.34. The summed E-state index contributed by atoms with van der Waals surface area (Å²) in [6, 6.07) is 0. The molecule has 154 valence electrons. The highest BCUT2D eigenvalue weighted by Gasteiger charge is 2.66. The highest BCUT2D eigenvalue weighted by Crippen LogP contribution is 2.57. The third-order valence-corrected chi connectivity index (χ3v) is 7.74. The van der Waals surface area contributed by atoms with E-state index in [1.807, 2.05) is 32.2 Å². The Morgan fingerprint density at radius 3 is 2.63 bits per heavy atom. The number of hydroxylamine groups is 2. The van der Waals surface area contributed by atoms with Crippen molar-refractivity contribution in [3.63, 3.8) is 0 Å². The fourth-order valence-corrected chi connectivity index (χ4v) is 6.23. The maximum Gasteiger partial charge on any atom is 0.313 e. The number of esters is 1. The van der Waals surface area contributed by atoms with Crippen LogP contribution in [0.15, 0.2) is 24.0 Å². The van der Waals surface area contributed by atoms with E-state index in [9.17, 15) is 13.2 Å². The summed E-state index contributed by atoms with van der Waals surface area (Å²) in [4.78, 5) is 18.2. The van der Waals surface area contributed by atoms with Crippen LogP contribution in [0.2, 0.25) is 0 Å². The number of allylic oxidation sites excluding steroid dienone is 3. The topological polar surface area (TPSA) is 72.9 Å². The Kier molecular flexibility index (Phi) is 7.51. The summed E-state index contributed by atoms with van der Waals surface area (Å²) in [6.45, 7) is 4.90. The third-order valence-electron chi connectivity index (χ3n) is 5.39. The monoisotopic (exact) mass is 399 g/mol. The Balaban J connectivity index is 2.01. The molecule has 2 aliphatic rings. The molecule has 0 aromatic heterocycles. The van der Waals surface area contributed by atoms with Crippen LogP contribution in [0.4, 0.5) is 0 Å². The minimum Gasteiger partial charge on any atom is -0.469 e. The molecule has 0 N–H and O–H groups in total. The largest absolute Gasteiger partial charge is 0.469 e. The lowest BCUT2D eigenvalue weighted by Crippen LogP contribution is -2.29. The number of hydrogen-bond donors (Lipinski definition) is 0. The lowest BCUT2D eigenvalue weighted by Gasteiger charge is -2.24. The molecule has 0 aliphatic heterocycles. The first-order chi connectivity index (χ1) is 12.8. The number of methoxy groups -OCH3 is 1. The lowest BCUT2D eigenvalue weighted by atomic mass is 9.87. The van der Waals surface area contributed by atoms with Gasteiger partial charge in [-0.2, -0.15) is 0 Å². The minimum absolute atomic E-state index is 0.110. The van der Waals surface area contributed by atoms with Gasteiger partial charge in [-0.25, -0.2) is 8.42 Å². The Bertz CT molecular complexity index is 684. The number of carbonyl (C=O) groups excluding carboxylic acids is 1. The van der Waals surface area contributed by atoms with Crippen LogP contribution < -0.4 is 0 Å². The first-order valence-corrected chi connectivity index (χ1v) is 11.6. The molecule has 7 heteroatoms. The van der Waals surface area contributed by atoms with E-state index in [0.717, 1.165) is 31.6 Å². The van der Waals surface area contributed by atoms with Crippen LogP contribution in [0.3, 0.4) is 0 Å². The molecular weight excluding hydrogens is 366 g/mol. The van der Waals surface area contributed by atoms with E-state index >= 15 is 0 Å². The second-order valence-electron chi connectivity index (χ2n) is 7.67. The van der Waals surface area contributed by atoms with Crippen LogP contribution in [0.1, 0.15) is 52.4 Å². The standard InChI is InChI=1S/C20H33NO5S/c1-5-7-13-27(23,24)18-15-20(18,19(22)25-4)14-16-8-10-17(11-9-16)26-21(3)12-6-2/h8,10-11,16,18H,5-7,9,12-15H2,1-4H3. The van der Waals surface area contributed by atoms with Gasteiger partial charge in [0.1, 0.15) is 5.76 Å². The SMILES string of the molecule is CCCCS(=O)(=O)C1CC1(CC1C=CC(ON(C)CCC)=CC1)C(=O)OC. The first-order valence-electron chi connectivity index (χ1n) is 9.86. The molecule has 1 fully saturated rings. The number of hydrogen-bond acceptors (Lipinski definition) is 6. The van der Waals surface area contributed by atoms with E-state index in [2.05, 4.69) is 6.92 Å². The van der Waals surface area contributed by atoms with Gasteiger partial charge < -0.3 is 9.57 Å². The van der Waals surface area contributed by atoms with Crippen LogP contribution in [0, 0.1) is 11.3 Å². The highest BCUT2D eigenvalue weighted by molar-refractivity contribution is 7.92. The van der Waals surface area contributed by atoms with E-state index in [4.69, 9.17) is 9.57 Å². The lowest BCUT2D eigenvalue weighted by molar-refractivity contribution is -0.147. The van der Waals surface area contributed by atoms with Gasteiger partial charge in [0.15, 0.2) is 9.84 Å². The number of nitrogens with zero attached hydrogens (tertiary/aromatic N) is 1. The summed E-state index contributed by atoms with van der Waals surface area (Å²) in [5.74, 6) is 0.654. The number of carbonyl (C=O) groups is 1. The zero-order valence-corrected chi connectivity index (χ0v) is 17.8. The van der Waals surface area contributed by atoms with Gasteiger partial charge in [0.25, 0.3) is 0 Å². The van der Waals surface area contributed by atoms with E-state index < -0.39 is 26.5 Å². The zero-order chi connectivity index (χ0) is 20.1. The van der Waals surface area contributed by atoms with Crippen molar-refractivity contribution in [1.29, 1.82) is 0 Å². The predicted molar refractivity (Wildman–Crippen MR) is 106 cm³/mol. The van der Waals surface area contributed by atoms with Crippen molar-refractivity contribution >= 4 is 15.8 Å². The smallest absolute Gasteiger partial charge is 0.313 e. The average molecular weight is 400 g/mol. The van der Waals surface area contributed by atoms with Crippen molar-refractivity contribution in [2.24, 2.45) is 11.3 Å². The summed E-state index contributed by atoms with van der Waals surface area (Å²) < 4.78 is 30.2. The minimum atomic E-state index is -3.27. The van der Waals surface area contributed by atoms with Gasteiger partial charge >= 0.3 is 5.97 Å². The van der Waals surface area contributed by atoms with Crippen molar-refractivity contribution in [3.8, 4) is 0 Å². The van der Waals surface area contributed by atoms with Crippen molar-refractivity contribution in [1.82, 2.24) is 5.06 Å². The van der Waals surface area contributed by atoms with Gasteiger partial charge in [0.05, 0.1) is 23.5 Å². The molecule has 1 saturated carbocycles. The number of ether oxygens (including phenoxy) is 1. The molecular formula is C20H33NO5S. The molecule has 6 nitrogen and oxygen atoms in total. The fourth-order valence-electron chi connectivity index (χ4n) is 3.82.